The van der Waals surface area contributed by atoms with Gasteiger partial charge in [-0.1, -0.05) is 31.5 Å². The number of benzene rings is 2. The average Bonchev–Trinajstić information content (AvgIpc) is 3.50. The standard InChI is InChI=1S/C23H27N3O3/c1-14(2)20(26-22(28)16-6-4-15(3)5-7-16)23(29)25-18-10-8-17(9-11-18)21(27)24-19-12-13-19/h4-11,14,19-20H,12-13H2,1-3H3,(H,24,27)(H,25,29)(H,26,28). The van der Waals surface area contributed by atoms with Crippen LogP contribution in [0, 0.1) is 12.8 Å². The maximum atomic E-state index is 12.7. The van der Waals surface area contributed by atoms with E-state index < -0.39 is 6.04 Å². The first-order chi connectivity index (χ1) is 13.8. The maximum Gasteiger partial charge on any atom is 0.251 e. The van der Waals surface area contributed by atoms with E-state index in [0.717, 1.165) is 18.4 Å². The molecule has 29 heavy (non-hydrogen) atoms. The summed E-state index contributed by atoms with van der Waals surface area (Å²) < 4.78 is 0. The first-order valence-electron chi connectivity index (χ1n) is 9.93. The van der Waals surface area contributed by atoms with E-state index in [1.54, 1.807) is 36.4 Å². The number of carbonyl (C=O) groups excluding carboxylic acids is 3. The van der Waals surface area contributed by atoms with Gasteiger partial charge in [-0.05, 0) is 62.1 Å². The number of hydrogen-bond donors (Lipinski definition) is 3. The molecule has 2 aromatic carbocycles. The van der Waals surface area contributed by atoms with Crippen LogP contribution in [0.4, 0.5) is 5.69 Å². The summed E-state index contributed by atoms with van der Waals surface area (Å²) in [6.45, 7) is 5.71. The second-order valence-electron chi connectivity index (χ2n) is 7.88. The third-order valence-corrected chi connectivity index (χ3v) is 4.88. The zero-order chi connectivity index (χ0) is 21.0. The molecule has 1 aliphatic rings. The summed E-state index contributed by atoms with van der Waals surface area (Å²) in [4.78, 5) is 37.3. The van der Waals surface area contributed by atoms with Crippen molar-refractivity contribution < 1.29 is 14.4 Å². The van der Waals surface area contributed by atoms with Crippen molar-refractivity contribution in [2.45, 2.75) is 45.7 Å². The lowest BCUT2D eigenvalue weighted by molar-refractivity contribution is -0.118. The first-order valence-corrected chi connectivity index (χ1v) is 9.93. The van der Waals surface area contributed by atoms with Gasteiger partial charge in [-0.15, -0.1) is 0 Å². The van der Waals surface area contributed by atoms with Gasteiger partial charge in [0.05, 0.1) is 0 Å². The maximum absolute atomic E-state index is 12.7. The van der Waals surface area contributed by atoms with Gasteiger partial charge in [-0.2, -0.15) is 0 Å². The van der Waals surface area contributed by atoms with E-state index in [4.69, 9.17) is 0 Å². The van der Waals surface area contributed by atoms with Crippen molar-refractivity contribution in [3.05, 3.63) is 65.2 Å². The van der Waals surface area contributed by atoms with Crippen LogP contribution in [0.1, 0.15) is 53.0 Å². The van der Waals surface area contributed by atoms with Crippen LogP contribution < -0.4 is 16.0 Å². The van der Waals surface area contributed by atoms with Crippen molar-refractivity contribution in [3.63, 3.8) is 0 Å². The molecule has 1 atom stereocenters. The predicted octanol–water partition coefficient (Wildman–Crippen LogP) is 3.28. The highest BCUT2D eigenvalue weighted by molar-refractivity contribution is 6.01. The summed E-state index contributed by atoms with van der Waals surface area (Å²) in [6, 6.07) is 13.6. The van der Waals surface area contributed by atoms with Gasteiger partial charge in [-0.3, -0.25) is 14.4 Å². The Labute approximate surface area is 171 Å². The Bertz CT molecular complexity index is 885. The Hall–Kier alpha value is -3.15. The van der Waals surface area contributed by atoms with E-state index in [-0.39, 0.29) is 23.6 Å². The van der Waals surface area contributed by atoms with E-state index in [1.165, 1.54) is 0 Å². The number of rotatable bonds is 7. The third-order valence-electron chi connectivity index (χ3n) is 4.88. The second-order valence-corrected chi connectivity index (χ2v) is 7.88. The fourth-order valence-corrected chi connectivity index (χ4v) is 2.89. The minimum Gasteiger partial charge on any atom is -0.349 e. The zero-order valence-corrected chi connectivity index (χ0v) is 17.0. The molecule has 1 saturated carbocycles. The lowest BCUT2D eigenvalue weighted by atomic mass is 10.0. The largest absolute Gasteiger partial charge is 0.349 e. The lowest BCUT2D eigenvalue weighted by Crippen LogP contribution is -2.47. The topological polar surface area (TPSA) is 87.3 Å². The predicted molar refractivity (Wildman–Crippen MR) is 113 cm³/mol. The SMILES string of the molecule is Cc1ccc(C(=O)NC(C(=O)Nc2ccc(C(=O)NC3CC3)cc2)C(C)C)cc1. The van der Waals surface area contributed by atoms with Gasteiger partial charge in [0.15, 0.2) is 0 Å². The van der Waals surface area contributed by atoms with Crippen molar-refractivity contribution in [1.82, 2.24) is 10.6 Å². The van der Waals surface area contributed by atoms with E-state index in [2.05, 4.69) is 16.0 Å². The van der Waals surface area contributed by atoms with Gasteiger partial charge in [0.1, 0.15) is 6.04 Å². The monoisotopic (exact) mass is 393 g/mol. The van der Waals surface area contributed by atoms with Crippen LogP contribution in [-0.2, 0) is 4.79 Å². The number of aryl methyl sites for hydroxylation is 1. The summed E-state index contributed by atoms with van der Waals surface area (Å²) in [5.74, 6) is -0.773. The Balaban J connectivity index is 1.62. The Morgan fingerprint density at radius 2 is 1.41 bits per heavy atom. The number of amides is 3. The zero-order valence-electron chi connectivity index (χ0n) is 17.0. The molecular formula is C23H27N3O3. The molecule has 1 fully saturated rings. The number of anilines is 1. The van der Waals surface area contributed by atoms with Crippen molar-refractivity contribution in [1.29, 1.82) is 0 Å². The van der Waals surface area contributed by atoms with E-state index >= 15 is 0 Å². The Morgan fingerprint density at radius 1 is 0.862 bits per heavy atom. The van der Waals surface area contributed by atoms with E-state index in [0.29, 0.717) is 22.9 Å². The molecule has 152 valence electrons. The van der Waals surface area contributed by atoms with Gasteiger partial charge in [-0.25, -0.2) is 0 Å². The molecule has 6 nitrogen and oxygen atoms in total. The van der Waals surface area contributed by atoms with Crippen molar-refractivity contribution in [2.75, 3.05) is 5.32 Å². The molecule has 0 bridgehead atoms. The van der Waals surface area contributed by atoms with E-state index in [9.17, 15) is 14.4 Å². The molecule has 3 amide bonds. The molecule has 0 aliphatic heterocycles. The normalized spacial score (nSPS) is 14.2. The molecule has 0 radical (unpaired) electrons. The molecule has 3 rings (SSSR count). The van der Waals surface area contributed by atoms with Crippen LogP contribution in [0.3, 0.4) is 0 Å². The summed E-state index contributed by atoms with van der Waals surface area (Å²) >= 11 is 0. The van der Waals surface area contributed by atoms with Crippen LogP contribution >= 0.6 is 0 Å². The second kappa shape index (κ2) is 8.90. The molecule has 2 aromatic rings. The Morgan fingerprint density at radius 3 is 1.97 bits per heavy atom. The van der Waals surface area contributed by atoms with E-state index in [1.807, 2.05) is 32.9 Å². The molecule has 0 spiro atoms. The molecule has 0 aromatic heterocycles. The summed E-state index contributed by atoms with van der Waals surface area (Å²) in [7, 11) is 0. The van der Waals surface area contributed by atoms with Crippen LogP contribution in [-0.4, -0.2) is 29.8 Å². The number of carbonyl (C=O) groups is 3. The molecule has 3 N–H and O–H groups in total. The molecule has 0 saturated heterocycles. The highest BCUT2D eigenvalue weighted by Gasteiger charge is 2.25. The van der Waals surface area contributed by atoms with Gasteiger partial charge in [0, 0.05) is 22.9 Å². The van der Waals surface area contributed by atoms with Crippen molar-refractivity contribution in [3.8, 4) is 0 Å². The molecule has 6 heteroatoms. The lowest BCUT2D eigenvalue weighted by Gasteiger charge is -2.22. The highest BCUT2D eigenvalue weighted by Crippen LogP contribution is 2.20. The molecule has 0 heterocycles. The average molecular weight is 393 g/mol. The summed E-state index contributed by atoms with van der Waals surface area (Å²) in [6.07, 6.45) is 2.07. The van der Waals surface area contributed by atoms with Gasteiger partial charge >= 0.3 is 0 Å². The smallest absolute Gasteiger partial charge is 0.251 e. The number of hydrogen-bond acceptors (Lipinski definition) is 3. The third kappa shape index (κ3) is 5.67. The van der Waals surface area contributed by atoms with Gasteiger partial charge in [0.25, 0.3) is 11.8 Å². The van der Waals surface area contributed by atoms with Gasteiger partial charge in [0.2, 0.25) is 5.91 Å². The fraction of sp³-hybridized carbons (Fsp3) is 0.348. The quantitative estimate of drug-likeness (QED) is 0.675. The highest BCUT2D eigenvalue weighted by atomic mass is 16.2. The molecular weight excluding hydrogens is 366 g/mol. The van der Waals surface area contributed by atoms with Crippen molar-refractivity contribution >= 4 is 23.4 Å². The molecule has 1 aliphatic carbocycles. The minimum atomic E-state index is -0.679. The minimum absolute atomic E-state index is 0.0898. The summed E-state index contributed by atoms with van der Waals surface area (Å²) in [5, 5.41) is 8.57. The van der Waals surface area contributed by atoms with Crippen LogP contribution in [0.2, 0.25) is 0 Å². The van der Waals surface area contributed by atoms with Crippen molar-refractivity contribution in [2.24, 2.45) is 5.92 Å². The fourth-order valence-electron chi connectivity index (χ4n) is 2.89. The van der Waals surface area contributed by atoms with Gasteiger partial charge < -0.3 is 16.0 Å². The molecule has 1 unspecified atom stereocenters. The number of nitrogens with one attached hydrogen (secondary N) is 3. The Kier molecular flexibility index (Phi) is 6.32. The van der Waals surface area contributed by atoms with Crippen LogP contribution in [0.15, 0.2) is 48.5 Å². The first kappa shape index (κ1) is 20.6. The van der Waals surface area contributed by atoms with Crippen LogP contribution in [0.25, 0.3) is 0 Å². The summed E-state index contributed by atoms with van der Waals surface area (Å²) in [5.41, 5.74) is 2.71. The van der Waals surface area contributed by atoms with Crippen LogP contribution in [0.5, 0.6) is 0 Å².